The Hall–Kier alpha value is -2.54. The summed E-state index contributed by atoms with van der Waals surface area (Å²) in [5.41, 5.74) is 1.99. The zero-order valence-electron chi connectivity index (χ0n) is 15.5. The van der Waals surface area contributed by atoms with E-state index in [1.54, 1.807) is 11.1 Å². The minimum Gasteiger partial charge on any atom is -0.450 e. The number of piperidine rings is 1. The topological polar surface area (TPSA) is 79.4 Å². The van der Waals surface area contributed by atoms with E-state index in [-0.39, 0.29) is 12.1 Å². The van der Waals surface area contributed by atoms with Crippen LogP contribution in [0, 0.1) is 6.92 Å². The first-order valence-electron chi connectivity index (χ1n) is 9.09. The Kier molecular flexibility index (Phi) is 6.34. The molecule has 1 aliphatic rings. The highest BCUT2D eigenvalue weighted by molar-refractivity contribution is 6.30. The van der Waals surface area contributed by atoms with Crippen LogP contribution in [-0.4, -0.2) is 46.7 Å². The third-order valence-corrected chi connectivity index (χ3v) is 4.70. The van der Waals surface area contributed by atoms with Gasteiger partial charge in [0.15, 0.2) is 0 Å². The lowest BCUT2D eigenvalue weighted by atomic mass is 10.1. The lowest BCUT2D eigenvalue weighted by Crippen LogP contribution is -2.42. The van der Waals surface area contributed by atoms with Crippen LogP contribution in [0.25, 0.3) is 0 Å². The molecule has 27 heavy (non-hydrogen) atoms. The quantitative estimate of drug-likeness (QED) is 0.797. The molecule has 3 rings (SSSR count). The van der Waals surface area contributed by atoms with Gasteiger partial charge in [-0.15, -0.1) is 0 Å². The fraction of sp³-hybridized carbons (Fsp3) is 0.421. The van der Waals surface area contributed by atoms with Crippen LogP contribution in [0.15, 0.2) is 30.5 Å². The fourth-order valence-corrected chi connectivity index (χ4v) is 3.23. The number of nitrogens with zero attached hydrogens (tertiary/aromatic N) is 3. The van der Waals surface area contributed by atoms with Crippen molar-refractivity contribution in [1.29, 1.82) is 0 Å². The van der Waals surface area contributed by atoms with E-state index < -0.39 is 0 Å². The number of likely N-dealkylation sites (tertiary alicyclic amines) is 1. The van der Waals surface area contributed by atoms with Gasteiger partial charge in [-0.1, -0.05) is 11.6 Å². The number of ether oxygens (including phenoxy) is 1. The Bertz CT molecular complexity index is 793. The normalized spacial score (nSPS) is 14.7. The number of carbonyl (C=O) groups excluding carboxylic acids is 1. The molecule has 0 bridgehead atoms. The van der Waals surface area contributed by atoms with Crippen molar-refractivity contribution in [3.05, 3.63) is 41.0 Å². The Balaban J connectivity index is 1.57. The van der Waals surface area contributed by atoms with E-state index >= 15 is 0 Å². The molecule has 2 N–H and O–H groups in total. The standard InChI is InChI=1S/C19H24ClN5O2/c1-3-27-19(26)25-10-7-15(8-11-25)22-18-21-9-6-17(24-18)23-16-5-4-14(20)12-13(16)2/h4-6,9,12,15H,3,7-8,10-11H2,1-2H3,(H2,21,22,23,24). The lowest BCUT2D eigenvalue weighted by molar-refractivity contribution is 0.0983. The molecule has 0 aliphatic carbocycles. The van der Waals surface area contributed by atoms with Gasteiger partial charge in [-0.25, -0.2) is 9.78 Å². The summed E-state index contributed by atoms with van der Waals surface area (Å²) in [5, 5.41) is 7.36. The zero-order valence-corrected chi connectivity index (χ0v) is 16.3. The van der Waals surface area contributed by atoms with Crippen molar-refractivity contribution >= 4 is 35.1 Å². The summed E-state index contributed by atoms with van der Waals surface area (Å²) in [5.74, 6) is 1.28. The molecule has 0 saturated carbocycles. The van der Waals surface area contributed by atoms with E-state index in [0.717, 1.165) is 24.1 Å². The predicted molar refractivity (Wildman–Crippen MR) is 107 cm³/mol. The smallest absolute Gasteiger partial charge is 0.409 e. The van der Waals surface area contributed by atoms with Crippen LogP contribution < -0.4 is 10.6 Å². The van der Waals surface area contributed by atoms with Crippen molar-refractivity contribution in [3.63, 3.8) is 0 Å². The molecular weight excluding hydrogens is 366 g/mol. The zero-order chi connectivity index (χ0) is 19.2. The van der Waals surface area contributed by atoms with Crippen LogP contribution in [0.3, 0.4) is 0 Å². The second-order valence-electron chi connectivity index (χ2n) is 6.45. The molecule has 2 aromatic rings. The van der Waals surface area contributed by atoms with Crippen molar-refractivity contribution in [2.24, 2.45) is 0 Å². The summed E-state index contributed by atoms with van der Waals surface area (Å²) in [6.07, 6.45) is 3.14. The van der Waals surface area contributed by atoms with Crippen molar-refractivity contribution in [2.75, 3.05) is 30.3 Å². The van der Waals surface area contributed by atoms with E-state index in [0.29, 0.717) is 36.5 Å². The number of hydrogen-bond acceptors (Lipinski definition) is 6. The average Bonchev–Trinajstić information content (AvgIpc) is 2.65. The molecule has 1 fully saturated rings. The first-order chi connectivity index (χ1) is 13.0. The molecule has 144 valence electrons. The van der Waals surface area contributed by atoms with Crippen LogP contribution in [-0.2, 0) is 4.74 Å². The monoisotopic (exact) mass is 389 g/mol. The van der Waals surface area contributed by atoms with Gasteiger partial charge in [0.25, 0.3) is 0 Å². The Labute approximate surface area is 164 Å². The molecule has 1 aliphatic heterocycles. The van der Waals surface area contributed by atoms with Gasteiger partial charge >= 0.3 is 6.09 Å². The van der Waals surface area contributed by atoms with E-state index in [1.165, 1.54) is 0 Å². The highest BCUT2D eigenvalue weighted by Gasteiger charge is 2.23. The van der Waals surface area contributed by atoms with Crippen molar-refractivity contribution in [3.8, 4) is 0 Å². The average molecular weight is 390 g/mol. The van der Waals surface area contributed by atoms with E-state index in [4.69, 9.17) is 16.3 Å². The van der Waals surface area contributed by atoms with Crippen molar-refractivity contribution in [2.45, 2.75) is 32.7 Å². The van der Waals surface area contributed by atoms with Crippen molar-refractivity contribution < 1.29 is 9.53 Å². The molecule has 0 spiro atoms. The number of carbonyl (C=O) groups is 1. The number of aryl methyl sites for hydroxylation is 1. The van der Waals surface area contributed by atoms with Crippen LogP contribution in [0.1, 0.15) is 25.3 Å². The molecule has 0 radical (unpaired) electrons. The van der Waals surface area contributed by atoms with Gasteiger partial charge in [-0.3, -0.25) is 0 Å². The first-order valence-corrected chi connectivity index (χ1v) is 9.47. The van der Waals surface area contributed by atoms with E-state index in [1.807, 2.05) is 38.1 Å². The summed E-state index contributed by atoms with van der Waals surface area (Å²) >= 11 is 6.01. The van der Waals surface area contributed by atoms with Gasteiger partial charge in [0, 0.05) is 36.0 Å². The predicted octanol–water partition coefficient (Wildman–Crippen LogP) is 4.21. The third-order valence-electron chi connectivity index (χ3n) is 4.46. The summed E-state index contributed by atoms with van der Waals surface area (Å²) < 4.78 is 5.05. The number of halogens is 1. The summed E-state index contributed by atoms with van der Waals surface area (Å²) in [7, 11) is 0. The number of benzene rings is 1. The minimum atomic E-state index is -0.239. The Morgan fingerprint density at radius 3 is 2.81 bits per heavy atom. The van der Waals surface area contributed by atoms with Crippen LogP contribution >= 0.6 is 11.6 Å². The molecule has 1 aromatic carbocycles. The van der Waals surface area contributed by atoms with Gasteiger partial charge in [-0.2, -0.15) is 4.98 Å². The van der Waals surface area contributed by atoms with Gasteiger partial charge in [-0.05, 0) is 56.5 Å². The highest BCUT2D eigenvalue weighted by atomic mass is 35.5. The maximum atomic E-state index is 11.8. The van der Waals surface area contributed by atoms with Gasteiger partial charge in [0.2, 0.25) is 5.95 Å². The Morgan fingerprint density at radius 2 is 2.11 bits per heavy atom. The third kappa shape index (κ3) is 5.23. The number of anilines is 3. The number of rotatable bonds is 5. The second kappa shape index (κ2) is 8.90. The first kappa shape index (κ1) is 19.2. The Morgan fingerprint density at radius 1 is 1.33 bits per heavy atom. The van der Waals surface area contributed by atoms with E-state index in [9.17, 15) is 4.79 Å². The maximum Gasteiger partial charge on any atom is 0.409 e. The molecule has 8 heteroatoms. The molecule has 0 atom stereocenters. The molecule has 1 saturated heterocycles. The van der Waals surface area contributed by atoms with Gasteiger partial charge in [0.1, 0.15) is 5.82 Å². The van der Waals surface area contributed by atoms with Crippen LogP contribution in [0.2, 0.25) is 5.02 Å². The lowest BCUT2D eigenvalue weighted by Gasteiger charge is -2.31. The van der Waals surface area contributed by atoms with Crippen LogP contribution in [0.5, 0.6) is 0 Å². The molecule has 0 unspecified atom stereocenters. The summed E-state index contributed by atoms with van der Waals surface area (Å²) in [4.78, 5) is 22.4. The summed E-state index contributed by atoms with van der Waals surface area (Å²) in [6.45, 7) is 5.54. The SMILES string of the molecule is CCOC(=O)N1CCC(Nc2nccc(Nc3ccc(Cl)cc3C)n2)CC1. The number of amides is 1. The molecule has 1 aromatic heterocycles. The molecule has 2 heterocycles. The molecule has 1 amide bonds. The highest BCUT2D eigenvalue weighted by Crippen LogP contribution is 2.23. The maximum absolute atomic E-state index is 11.8. The van der Waals surface area contributed by atoms with Crippen molar-refractivity contribution in [1.82, 2.24) is 14.9 Å². The minimum absolute atomic E-state index is 0.225. The number of nitrogens with one attached hydrogen (secondary N) is 2. The molecular formula is C19H24ClN5O2. The largest absolute Gasteiger partial charge is 0.450 e. The fourth-order valence-electron chi connectivity index (χ4n) is 3.01. The molecule has 7 nitrogen and oxygen atoms in total. The summed E-state index contributed by atoms with van der Waals surface area (Å²) in [6, 6.07) is 7.72. The van der Waals surface area contributed by atoms with E-state index in [2.05, 4.69) is 20.6 Å². The van der Waals surface area contributed by atoms with Gasteiger partial charge < -0.3 is 20.3 Å². The van der Waals surface area contributed by atoms with Gasteiger partial charge in [0.05, 0.1) is 6.61 Å². The number of aromatic nitrogens is 2. The second-order valence-corrected chi connectivity index (χ2v) is 6.89. The number of hydrogen-bond donors (Lipinski definition) is 2. The van der Waals surface area contributed by atoms with Crippen LogP contribution in [0.4, 0.5) is 22.2 Å².